The molecular formula is C17H28ClNO4. The van der Waals surface area contributed by atoms with Crippen molar-refractivity contribution in [3.63, 3.8) is 0 Å². The number of carbonyl (C=O) groups is 1. The zero-order valence-electron chi connectivity index (χ0n) is 14.4. The standard InChI is InChI=1S/C17H27NO4.ClH/c1-5-6-11-21-16-14(8-7-9-15(16)20-4)17(19)22-12-10-18-13(2)3;/h7-9,13,18H,5-6,10-12H2,1-4H3;1H. The summed E-state index contributed by atoms with van der Waals surface area (Å²) in [7, 11) is 1.56. The summed E-state index contributed by atoms with van der Waals surface area (Å²) in [6, 6.07) is 5.74. The van der Waals surface area contributed by atoms with Crippen LogP contribution in [0.2, 0.25) is 0 Å². The number of methoxy groups -OCH3 is 1. The Morgan fingerprint density at radius 3 is 2.61 bits per heavy atom. The summed E-state index contributed by atoms with van der Waals surface area (Å²) in [5.74, 6) is 0.651. The molecule has 0 aliphatic heterocycles. The van der Waals surface area contributed by atoms with Gasteiger partial charge in [0.05, 0.1) is 19.8 Å². The molecule has 1 aromatic rings. The molecule has 0 radical (unpaired) electrons. The highest BCUT2D eigenvalue weighted by atomic mass is 35.5. The molecule has 132 valence electrons. The average Bonchev–Trinajstić information content (AvgIpc) is 2.51. The molecule has 0 unspecified atom stereocenters. The number of para-hydroxylation sites is 1. The second kappa shape index (κ2) is 12.0. The molecule has 0 spiro atoms. The van der Waals surface area contributed by atoms with Gasteiger partial charge >= 0.3 is 5.97 Å². The van der Waals surface area contributed by atoms with E-state index in [9.17, 15) is 4.79 Å². The topological polar surface area (TPSA) is 61.4 Å². The number of esters is 1. The molecule has 6 heteroatoms. The molecule has 0 saturated carbocycles. The van der Waals surface area contributed by atoms with Crippen molar-refractivity contribution in [2.45, 2.75) is 39.7 Å². The summed E-state index contributed by atoms with van der Waals surface area (Å²) >= 11 is 0. The van der Waals surface area contributed by atoms with Crippen LogP contribution in [0.5, 0.6) is 11.5 Å². The van der Waals surface area contributed by atoms with Crippen LogP contribution in [-0.2, 0) is 4.74 Å². The monoisotopic (exact) mass is 345 g/mol. The van der Waals surface area contributed by atoms with Crippen molar-refractivity contribution in [2.24, 2.45) is 0 Å². The Kier molecular flexibility index (Phi) is 11.3. The largest absolute Gasteiger partial charge is 1.00 e. The Morgan fingerprint density at radius 2 is 2.00 bits per heavy atom. The fourth-order valence-electron chi connectivity index (χ4n) is 1.94. The molecule has 0 aliphatic carbocycles. The third-order valence-electron chi connectivity index (χ3n) is 3.15. The zero-order chi connectivity index (χ0) is 16.4. The zero-order valence-corrected chi connectivity index (χ0v) is 15.2. The molecule has 0 amide bonds. The van der Waals surface area contributed by atoms with Crippen LogP contribution in [0.3, 0.4) is 0 Å². The summed E-state index contributed by atoms with van der Waals surface area (Å²) in [4.78, 5) is 12.2. The van der Waals surface area contributed by atoms with Gasteiger partial charge in [-0.15, -0.1) is 0 Å². The summed E-state index contributed by atoms with van der Waals surface area (Å²) < 4.78 is 16.3. The van der Waals surface area contributed by atoms with Crippen molar-refractivity contribution in [3.8, 4) is 11.5 Å². The van der Waals surface area contributed by atoms with Crippen LogP contribution in [0.25, 0.3) is 0 Å². The van der Waals surface area contributed by atoms with Gasteiger partial charge in [-0.1, -0.05) is 19.4 Å². The molecule has 0 aliphatic rings. The lowest BCUT2D eigenvalue weighted by atomic mass is 10.2. The van der Waals surface area contributed by atoms with Gasteiger partial charge in [0.1, 0.15) is 18.7 Å². The second-order valence-corrected chi connectivity index (χ2v) is 5.44. The number of halogens is 1. The van der Waals surface area contributed by atoms with E-state index < -0.39 is 0 Å². The van der Waals surface area contributed by atoms with Crippen LogP contribution < -0.4 is 27.2 Å². The average molecular weight is 346 g/mol. The summed E-state index contributed by atoms with van der Waals surface area (Å²) in [5.41, 5.74) is 0.417. The predicted octanol–water partition coefficient (Wildman–Crippen LogP) is -0.993. The Balaban J connectivity index is 0.00000484. The first-order valence-corrected chi connectivity index (χ1v) is 7.90. The Hall–Kier alpha value is -1.46. The first kappa shape index (κ1) is 21.5. The number of carbonyl (C=O) groups excluding carboxylic acids is 1. The van der Waals surface area contributed by atoms with E-state index in [1.54, 1.807) is 25.3 Å². The molecule has 0 bridgehead atoms. The van der Waals surface area contributed by atoms with Crippen molar-refractivity contribution in [2.75, 3.05) is 26.9 Å². The number of rotatable bonds is 10. The van der Waals surface area contributed by atoms with Crippen molar-refractivity contribution in [1.82, 2.24) is 0 Å². The molecule has 23 heavy (non-hydrogen) atoms. The predicted molar refractivity (Wildman–Crippen MR) is 85.6 cm³/mol. The van der Waals surface area contributed by atoms with E-state index in [1.165, 1.54) is 0 Å². The van der Waals surface area contributed by atoms with Gasteiger partial charge in [-0.2, -0.15) is 0 Å². The molecule has 0 saturated heterocycles. The number of hydrogen-bond donors (Lipinski definition) is 1. The van der Waals surface area contributed by atoms with Crippen molar-refractivity contribution in [3.05, 3.63) is 23.8 Å². The van der Waals surface area contributed by atoms with Crippen LogP contribution >= 0.6 is 0 Å². The first-order chi connectivity index (χ1) is 10.6. The minimum atomic E-state index is -0.373. The highest BCUT2D eigenvalue weighted by Crippen LogP contribution is 2.31. The molecule has 0 atom stereocenters. The maximum absolute atomic E-state index is 12.2. The molecule has 2 N–H and O–H groups in total. The van der Waals surface area contributed by atoms with Crippen LogP contribution in [0.15, 0.2) is 18.2 Å². The van der Waals surface area contributed by atoms with E-state index in [0.29, 0.717) is 36.3 Å². The second-order valence-electron chi connectivity index (χ2n) is 5.44. The van der Waals surface area contributed by atoms with Crippen LogP contribution in [0.1, 0.15) is 44.0 Å². The normalized spacial score (nSPS) is 10.1. The van der Waals surface area contributed by atoms with E-state index >= 15 is 0 Å². The number of nitrogens with two attached hydrogens (primary N) is 1. The molecule has 1 aromatic carbocycles. The van der Waals surface area contributed by atoms with Gasteiger partial charge in [-0.25, -0.2) is 4.79 Å². The lowest BCUT2D eigenvalue weighted by Crippen LogP contribution is -3.00. The van der Waals surface area contributed by atoms with Crippen molar-refractivity contribution < 1.29 is 36.7 Å². The fourth-order valence-corrected chi connectivity index (χ4v) is 1.94. The Morgan fingerprint density at radius 1 is 1.26 bits per heavy atom. The molecule has 0 heterocycles. The number of hydrogen-bond acceptors (Lipinski definition) is 4. The highest BCUT2D eigenvalue weighted by Gasteiger charge is 2.18. The van der Waals surface area contributed by atoms with E-state index in [0.717, 1.165) is 19.4 Å². The lowest BCUT2D eigenvalue weighted by Gasteiger charge is -2.14. The molecule has 5 nitrogen and oxygen atoms in total. The summed E-state index contributed by atoms with van der Waals surface area (Å²) in [6.45, 7) is 7.97. The molecule has 1 rings (SSSR count). The molecule has 0 fully saturated rings. The SMILES string of the molecule is CCCCOc1c(OC)cccc1C(=O)OCC[NH2+]C(C)C.[Cl-]. The minimum Gasteiger partial charge on any atom is -1.00 e. The summed E-state index contributed by atoms with van der Waals surface area (Å²) in [6.07, 6.45) is 1.95. The Bertz CT molecular complexity index is 466. The van der Waals surface area contributed by atoms with Gasteiger partial charge in [0.25, 0.3) is 0 Å². The van der Waals surface area contributed by atoms with Gasteiger partial charge in [-0.05, 0) is 32.4 Å². The highest BCUT2D eigenvalue weighted by molar-refractivity contribution is 5.93. The van der Waals surface area contributed by atoms with Crippen molar-refractivity contribution in [1.29, 1.82) is 0 Å². The third-order valence-corrected chi connectivity index (χ3v) is 3.15. The van der Waals surface area contributed by atoms with E-state index in [2.05, 4.69) is 26.1 Å². The minimum absolute atomic E-state index is 0. The lowest BCUT2D eigenvalue weighted by molar-refractivity contribution is -0.683. The Labute approximate surface area is 145 Å². The first-order valence-electron chi connectivity index (χ1n) is 7.90. The van der Waals surface area contributed by atoms with Crippen LogP contribution in [0, 0.1) is 0 Å². The van der Waals surface area contributed by atoms with Crippen LogP contribution in [-0.4, -0.2) is 38.9 Å². The van der Waals surface area contributed by atoms with E-state index in [-0.39, 0.29) is 18.4 Å². The summed E-state index contributed by atoms with van der Waals surface area (Å²) in [5, 5.41) is 2.12. The quantitative estimate of drug-likeness (QED) is 0.437. The number of benzene rings is 1. The number of unbranched alkanes of at least 4 members (excludes halogenated alkanes) is 1. The smallest absolute Gasteiger partial charge is 0.342 e. The van der Waals surface area contributed by atoms with Gasteiger partial charge in [0.15, 0.2) is 11.5 Å². The molecular weight excluding hydrogens is 318 g/mol. The van der Waals surface area contributed by atoms with Crippen molar-refractivity contribution >= 4 is 5.97 Å². The van der Waals surface area contributed by atoms with E-state index in [1.807, 2.05) is 0 Å². The van der Waals surface area contributed by atoms with Crippen LogP contribution in [0.4, 0.5) is 0 Å². The third kappa shape index (κ3) is 7.57. The number of ether oxygens (including phenoxy) is 3. The van der Waals surface area contributed by atoms with Gasteiger partial charge in [0.2, 0.25) is 0 Å². The fraction of sp³-hybridized carbons (Fsp3) is 0.588. The van der Waals surface area contributed by atoms with Gasteiger partial charge in [0, 0.05) is 0 Å². The van der Waals surface area contributed by atoms with Gasteiger partial charge in [-0.3, -0.25) is 0 Å². The van der Waals surface area contributed by atoms with Gasteiger partial charge < -0.3 is 31.9 Å². The molecule has 0 aromatic heterocycles. The maximum Gasteiger partial charge on any atom is 0.342 e. The number of quaternary nitrogens is 1. The maximum atomic E-state index is 12.2. The van der Waals surface area contributed by atoms with E-state index in [4.69, 9.17) is 14.2 Å².